The van der Waals surface area contributed by atoms with Crippen LogP contribution in [0.3, 0.4) is 0 Å². The van der Waals surface area contributed by atoms with Crippen LogP contribution in [0.2, 0.25) is 5.02 Å². The number of nitrogen functional groups attached to an aromatic ring is 1. The highest BCUT2D eigenvalue weighted by Crippen LogP contribution is 2.16. The highest BCUT2D eigenvalue weighted by atomic mass is 35.5. The maximum Gasteiger partial charge on any atom is 0.181 e. The van der Waals surface area contributed by atoms with Gasteiger partial charge in [-0.15, -0.1) is 10.2 Å². The van der Waals surface area contributed by atoms with Gasteiger partial charge in [-0.2, -0.15) is 0 Å². The van der Waals surface area contributed by atoms with Crippen molar-refractivity contribution in [3.05, 3.63) is 35.5 Å². The summed E-state index contributed by atoms with van der Waals surface area (Å²) in [5, 5.41) is 8.24. The van der Waals surface area contributed by atoms with Crippen molar-refractivity contribution in [1.82, 2.24) is 15.2 Å². The third-order valence-corrected chi connectivity index (χ3v) is 1.93. The van der Waals surface area contributed by atoms with Gasteiger partial charge in [0.25, 0.3) is 0 Å². The molecule has 14 heavy (non-hydrogen) atoms. The summed E-state index contributed by atoms with van der Waals surface area (Å²) in [5.41, 5.74) is 6.23. The Bertz CT molecular complexity index is 380. The minimum atomic E-state index is 0.308. The van der Waals surface area contributed by atoms with Crippen LogP contribution < -0.4 is 5.73 Å². The molecule has 0 aliphatic carbocycles. The van der Waals surface area contributed by atoms with Crippen molar-refractivity contribution in [2.45, 2.75) is 0 Å². The Kier molecular flexibility index (Phi) is 2.28. The van der Waals surface area contributed by atoms with Crippen molar-refractivity contribution in [1.29, 1.82) is 0 Å². The zero-order valence-electron chi connectivity index (χ0n) is 7.18. The number of nitrogens with two attached hydrogens (primary N) is 1. The molecular formula is C9H7ClN4. The van der Waals surface area contributed by atoms with Crippen molar-refractivity contribution >= 4 is 17.4 Å². The molecule has 0 saturated carbocycles. The van der Waals surface area contributed by atoms with E-state index in [4.69, 9.17) is 17.3 Å². The Labute approximate surface area is 85.8 Å². The molecule has 0 aliphatic heterocycles. The van der Waals surface area contributed by atoms with Crippen LogP contribution in [0.5, 0.6) is 0 Å². The molecule has 0 aliphatic rings. The number of halogens is 1. The second-order valence-corrected chi connectivity index (χ2v) is 3.15. The van der Waals surface area contributed by atoms with Crippen LogP contribution in [0.4, 0.5) is 5.82 Å². The number of aromatic nitrogens is 3. The first-order chi connectivity index (χ1) is 6.75. The Morgan fingerprint density at radius 2 is 1.79 bits per heavy atom. The summed E-state index contributed by atoms with van der Waals surface area (Å²) in [6.07, 6.45) is 1.47. The molecule has 0 bridgehead atoms. The van der Waals surface area contributed by atoms with Gasteiger partial charge in [0.05, 0.1) is 6.20 Å². The van der Waals surface area contributed by atoms with E-state index in [1.807, 2.05) is 12.1 Å². The second kappa shape index (κ2) is 3.59. The molecule has 2 N–H and O–H groups in total. The lowest BCUT2D eigenvalue weighted by Crippen LogP contribution is -1.96. The molecule has 0 atom stereocenters. The molecule has 5 heteroatoms. The minimum Gasteiger partial charge on any atom is -0.381 e. The third kappa shape index (κ3) is 1.80. The molecule has 1 aromatic heterocycles. The molecule has 4 nitrogen and oxygen atoms in total. The summed E-state index contributed by atoms with van der Waals surface area (Å²) in [5.74, 6) is 0.846. The number of anilines is 1. The molecule has 2 rings (SSSR count). The van der Waals surface area contributed by atoms with Crippen LogP contribution in [0, 0.1) is 0 Å². The normalized spacial score (nSPS) is 10.1. The lowest BCUT2D eigenvalue weighted by molar-refractivity contribution is 0.991. The Morgan fingerprint density at radius 3 is 2.36 bits per heavy atom. The number of rotatable bonds is 1. The monoisotopic (exact) mass is 206 g/mol. The van der Waals surface area contributed by atoms with E-state index < -0.39 is 0 Å². The van der Waals surface area contributed by atoms with Crippen molar-refractivity contribution < 1.29 is 0 Å². The zero-order valence-corrected chi connectivity index (χ0v) is 7.94. The van der Waals surface area contributed by atoms with Crippen LogP contribution in [0.1, 0.15) is 0 Å². The summed E-state index contributed by atoms with van der Waals surface area (Å²) < 4.78 is 0. The standard InChI is InChI=1S/C9H7ClN4/c10-7-3-1-6(2-4-7)9-12-5-8(11)13-14-9/h1-5H,(H2,11,13). The minimum absolute atomic E-state index is 0.308. The summed E-state index contributed by atoms with van der Waals surface area (Å²) in [6, 6.07) is 7.21. The van der Waals surface area contributed by atoms with Gasteiger partial charge < -0.3 is 5.73 Å². The average Bonchev–Trinajstić information content (AvgIpc) is 2.21. The van der Waals surface area contributed by atoms with Gasteiger partial charge in [-0.3, -0.25) is 0 Å². The van der Waals surface area contributed by atoms with Gasteiger partial charge in [0, 0.05) is 10.6 Å². The van der Waals surface area contributed by atoms with E-state index in [1.54, 1.807) is 12.1 Å². The molecule has 70 valence electrons. The van der Waals surface area contributed by atoms with Crippen LogP contribution in [-0.4, -0.2) is 15.2 Å². The molecule has 1 heterocycles. The number of nitrogens with zero attached hydrogens (tertiary/aromatic N) is 3. The maximum atomic E-state index is 5.75. The van der Waals surface area contributed by atoms with Crippen molar-refractivity contribution in [2.75, 3.05) is 5.73 Å². The van der Waals surface area contributed by atoms with E-state index in [9.17, 15) is 0 Å². The smallest absolute Gasteiger partial charge is 0.181 e. The first-order valence-electron chi connectivity index (χ1n) is 3.97. The highest BCUT2D eigenvalue weighted by molar-refractivity contribution is 6.30. The van der Waals surface area contributed by atoms with E-state index in [-0.39, 0.29) is 0 Å². The molecular weight excluding hydrogens is 200 g/mol. The zero-order chi connectivity index (χ0) is 9.97. The van der Waals surface area contributed by atoms with Gasteiger partial charge in [-0.05, 0) is 24.3 Å². The van der Waals surface area contributed by atoms with Crippen LogP contribution >= 0.6 is 11.6 Å². The fourth-order valence-corrected chi connectivity index (χ4v) is 1.14. The van der Waals surface area contributed by atoms with Gasteiger partial charge in [-0.1, -0.05) is 11.6 Å². The van der Waals surface area contributed by atoms with Crippen molar-refractivity contribution in [2.24, 2.45) is 0 Å². The third-order valence-electron chi connectivity index (χ3n) is 1.68. The largest absolute Gasteiger partial charge is 0.381 e. The van der Waals surface area contributed by atoms with Crippen molar-refractivity contribution in [3.8, 4) is 11.4 Å². The van der Waals surface area contributed by atoms with Gasteiger partial charge in [0.2, 0.25) is 0 Å². The Balaban J connectivity index is 2.40. The Morgan fingerprint density at radius 1 is 1.07 bits per heavy atom. The van der Waals surface area contributed by atoms with E-state index >= 15 is 0 Å². The lowest BCUT2D eigenvalue weighted by atomic mass is 10.2. The van der Waals surface area contributed by atoms with Crippen LogP contribution in [-0.2, 0) is 0 Å². The highest BCUT2D eigenvalue weighted by Gasteiger charge is 2.00. The SMILES string of the molecule is Nc1cnc(-c2ccc(Cl)cc2)nn1. The maximum absolute atomic E-state index is 5.75. The predicted octanol–water partition coefficient (Wildman–Crippen LogP) is 1.77. The Hall–Kier alpha value is -1.68. The van der Waals surface area contributed by atoms with E-state index in [2.05, 4.69) is 15.2 Å². The lowest BCUT2D eigenvalue weighted by Gasteiger charge is -1.98. The average molecular weight is 207 g/mol. The second-order valence-electron chi connectivity index (χ2n) is 2.71. The summed E-state index contributed by atoms with van der Waals surface area (Å²) >= 11 is 5.75. The van der Waals surface area contributed by atoms with Gasteiger partial charge >= 0.3 is 0 Å². The first-order valence-corrected chi connectivity index (χ1v) is 4.34. The molecule has 0 radical (unpaired) electrons. The van der Waals surface area contributed by atoms with Crippen LogP contribution in [0.25, 0.3) is 11.4 Å². The van der Waals surface area contributed by atoms with E-state index in [0.29, 0.717) is 16.7 Å². The first kappa shape index (κ1) is 8.90. The quantitative estimate of drug-likeness (QED) is 0.773. The fourth-order valence-electron chi connectivity index (χ4n) is 1.02. The molecule has 2 aromatic rings. The topological polar surface area (TPSA) is 64.7 Å². The number of hydrogen-bond acceptors (Lipinski definition) is 4. The molecule has 0 fully saturated rings. The molecule has 0 saturated heterocycles. The number of hydrogen-bond donors (Lipinski definition) is 1. The summed E-state index contributed by atoms with van der Waals surface area (Å²) in [7, 11) is 0. The van der Waals surface area contributed by atoms with Gasteiger partial charge in [0.1, 0.15) is 0 Å². The van der Waals surface area contributed by atoms with E-state index in [0.717, 1.165) is 5.56 Å². The van der Waals surface area contributed by atoms with Gasteiger partial charge in [0.15, 0.2) is 11.6 Å². The summed E-state index contributed by atoms with van der Waals surface area (Å²) in [4.78, 5) is 4.04. The van der Waals surface area contributed by atoms with Crippen LogP contribution in [0.15, 0.2) is 30.5 Å². The van der Waals surface area contributed by atoms with Gasteiger partial charge in [-0.25, -0.2) is 4.98 Å². The predicted molar refractivity (Wildman–Crippen MR) is 54.7 cm³/mol. The molecule has 1 aromatic carbocycles. The van der Waals surface area contributed by atoms with Crippen molar-refractivity contribution in [3.63, 3.8) is 0 Å². The summed E-state index contributed by atoms with van der Waals surface area (Å²) in [6.45, 7) is 0. The number of benzene rings is 1. The molecule has 0 amide bonds. The molecule has 0 unspecified atom stereocenters. The molecule has 0 spiro atoms. The fraction of sp³-hybridized carbons (Fsp3) is 0. The van der Waals surface area contributed by atoms with E-state index in [1.165, 1.54) is 6.20 Å².